The van der Waals surface area contributed by atoms with E-state index < -0.39 is 5.60 Å². The van der Waals surface area contributed by atoms with Crippen molar-refractivity contribution in [3.05, 3.63) is 90.3 Å². The van der Waals surface area contributed by atoms with E-state index in [0.29, 0.717) is 25.1 Å². The fourth-order valence-corrected chi connectivity index (χ4v) is 4.06. The Morgan fingerprint density at radius 2 is 1.84 bits per heavy atom. The van der Waals surface area contributed by atoms with Crippen molar-refractivity contribution in [3.8, 4) is 11.1 Å². The lowest BCUT2D eigenvalue weighted by Gasteiger charge is -2.41. The number of likely N-dealkylation sites (N-methyl/N-ethyl adjacent to an activating group) is 1. The molecule has 2 heterocycles. The van der Waals surface area contributed by atoms with Crippen LogP contribution in [0.5, 0.6) is 0 Å². The number of aromatic nitrogens is 1. The van der Waals surface area contributed by atoms with Gasteiger partial charge in [-0.1, -0.05) is 48.5 Å². The lowest BCUT2D eigenvalue weighted by molar-refractivity contribution is -0.156. The number of hydrogen-bond acceptors (Lipinski definition) is 4. The summed E-state index contributed by atoms with van der Waals surface area (Å²) in [6, 6.07) is 20.9. The molecule has 1 saturated heterocycles. The van der Waals surface area contributed by atoms with Crippen LogP contribution in [0.3, 0.4) is 0 Å². The summed E-state index contributed by atoms with van der Waals surface area (Å²) in [6.07, 6.45) is 3.88. The highest BCUT2D eigenvalue weighted by molar-refractivity contribution is 5.95. The largest absolute Gasteiger partial charge is 0.361 e. The van der Waals surface area contributed by atoms with Crippen molar-refractivity contribution >= 4 is 11.8 Å². The Labute approximate surface area is 181 Å². The predicted octanol–water partition coefficient (Wildman–Crippen LogP) is 2.95. The number of carbonyl (C=O) groups excluding carboxylic acids is 2. The van der Waals surface area contributed by atoms with E-state index in [2.05, 4.69) is 10.3 Å². The van der Waals surface area contributed by atoms with Crippen LogP contribution in [0.4, 0.5) is 0 Å². The number of ether oxygens (including phenoxy) is 1. The summed E-state index contributed by atoms with van der Waals surface area (Å²) in [5.41, 5.74) is 2.36. The molecule has 1 aliphatic heterocycles. The molecule has 1 atom stereocenters. The molecule has 31 heavy (non-hydrogen) atoms. The van der Waals surface area contributed by atoms with Crippen molar-refractivity contribution in [2.75, 3.05) is 26.7 Å². The monoisotopic (exact) mass is 415 g/mol. The van der Waals surface area contributed by atoms with E-state index in [0.717, 1.165) is 16.7 Å². The van der Waals surface area contributed by atoms with Gasteiger partial charge in [0.1, 0.15) is 0 Å². The number of amides is 2. The van der Waals surface area contributed by atoms with Crippen LogP contribution < -0.4 is 5.32 Å². The second kappa shape index (κ2) is 9.10. The van der Waals surface area contributed by atoms with Gasteiger partial charge in [0.05, 0.1) is 13.2 Å². The number of rotatable bonds is 5. The molecule has 158 valence electrons. The Hall–Kier alpha value is -3.51. The Balaban J connectivity index is 1.67. The third kappa shape index (κ3) is 4.34. The zero-order chi connectivity index (χ0) is 21.7. The summed E-state index contributed by atoms with van der Waals surface area (Å²) in [5, 5.41) is 2.74. The van der Waals surface area contributed by atoms with Crippen LogP contribution in [0.25, 0.3) is 11.1 Å². The van der Waals surface area contributed by atoms with E-state index in [1.807, 2.05) is 54.6 Å². The number of pyridine rings is 1. The van der Waals surface area contributed by atoms with Crippen LogP contribution in [-0.2, 0) is 16.0 Å². The summed E-state index contributed by atoms with van der Waals surface area (Å²) in [4.78, 5) is 32.1. The molecule has 0 radical (unpaired) electrons. The molecule has 1 aromatic heterocycles. The molecular formula is C25H25N3O3. The maximum absolute atomic E-state index is 13.1. The highest BCUT2D eigenvalue weighted by Crippen LogP contribution is 2.30. The number of morpholine rings is 1. The standard InChI is InChI=1S/C25H25N3O3/c1-26-24(30)25(16-20-10-5-6-12-22(20)21-11-7-13-27-17-21)18-28(14-15-31-25)23(29)19-8-3-2-4-9-19/h2-13,17H,14-16,18H2,1H3,(H,26,30)/t25-/m1/s1. The van der Waals surface area contributed by atoms with Gasteiger partial charge in [0.25, 0.3) is 11.8 Å². The van der Waals surface area contributed by atoms with E-state index in [1.54, 1.807) is 36.5 Å². The van der Waals surface area contributed by atoms with Gasteiger partial charge in [0.15, 0.2) is 5.60 Å². The number of carbonyl (C=O) groups is 2. The third-order valence-electron chi connectivity index (χ3n) is 5.60. The summed E-state index contributed by atoms with van der Waals surface area (Å²) in [7, 11) is 1.60. The number of hydrogen-bond donors (Lipinski definition) is 1. The van der Waals surface area contributed by atoms with E-state index in [-0.39, 0.29) is 18.4 Å². The van der Waals surface area contributed by atoms with Crippen LogP contribution in [-0.4, -0.2) is 54.0 Å². The predicted molar refractivity (Wildman–Crippen MR) is 118 cm³/mol. The van der Waals surface area contributed by atoms with Crippen molar-refractivity contribution in [2.24, 2.45) is 0 Å². The molecule has 1 fully saturated rings. The molecule has 1 aliphatic rings. The molecule has 0 bridgehead atoms. The van der Waals surface area contributed by atoms with E-state index in [4.69, 9.17) is 4.74 Å². The van der Waals surface area contributed by atoms with Crippen molar-refractivity contribution in [1.82, 2.24) is 15.2 Å². The molecule has 4 rings (SSSR count). The maximum atomic E-state index is 13.1. The van der Waals surface area contributed by atoms with Gasteiger partial charge in [-0.2, -0.15) is 0 Å². The number of nitrogens with zero attached hydrogens (tertiary/aromatic N) is 2. The minimum absolute atomic E-state index is 0.0993. The topological polar surface area (TPSA) is 71.5 Å². The molecule has 2 amide bonds. The third-order valence-corrected chi connectivity index (χ3v) is 5.60. The fraction of sp³-hybridized carbons (Fsp3) is 0.240. The van der Waals surface area contributed by atoms with Crippen LogP contribution in [0.2, 0.25) is 0 Å². The zero-order valence-corrected chi connectivity index (χ0v) is 17.5. The zero-order valence-electron chi connectivity index (χ0n) is 17.5. The first-order valence-electron chi connectivity index (χ1n) is 10.3. The maximum Gasteiger partial charge on any atom is 0.254 e. The summed E-state index contributed by atoms with van der Waals surface area (Å²) in [6.45, 7) is 0.916. The molecule has 0 unspecified atom stereocenters. The van der Waals surface area contributed by atoms with Gasteiger partial charge in [-0.3, -0.25) is 14.6 Å². The van der Waals surface area contributed by atoms with Crippen LogP contribution in [0, 0.1) is 0 Å². The van der Waals surface area contributed by atoms with Crippen molar-refractivity contribution in [2.45, 2.75) is 12.0 Å². The van der Waals surface area contributed by atoms with E-state index in [9.17, 15) is 9.59 Å². The molecule has 0 saturated carbocycles. The van der Waals surface area contributed by atoms with Gasteiger partial charge in [-0.05, 0) is 29.3 Å². The SMILES string of the molecule is CNC(=O)[C@@]1(Cc2ccccc2-c2cccnc2)CN(C(=O)c2ccccc2)CCO1. The van der Waals surface area contributed by atoms with Crippen molar-refractivity contribution in [3.63, 3.8) is 0 Å². The molecule has 0 aliphatic carbocycles. The number of benzene rings is 2. The molecule has 3 aromatic rings. The fourth-order valence-electron chi connectivity index (χ4n) is 4.06. The molecule has 1 N–H and O–H groups in total. The van der Waals surface area contributed by atoms with Gasteiger partial charge in [0.2, 0.25) is 0 Å². The van der Waals surface area contributed by atoms with Crippen LogP contribution in [0.15, 0.2) is 79.1 Å². The van der Waals surface area contributed by atoms with E-state index in [1.165, 1.54) is 0 Å². The Kier molecular flexibility index (Phi) is 6.09. The van der Waals surface area contributed by atoms with Crippen LogP contribution >= 0.6 is 0 Å². The smallest absolute Gasteiger partial charge is 0.254 e. The summed E-state index contributed by atoms with van der Waals surface area (Å²) >= 11 is 0. The molecule has 2 aromatic carbocycles. The lowest BCUT2D eigenvalue weighted by atomic mass is 9.87. The molecule has 6 heteroatoms. The minimum atomic E-state index is -1.17. The Morgan fingerprint density at radius 1 is 1.06 bits per heavy atom. The van der Waals surface area contributed by atoms with Gasteiger partial charge >= 0.3 is 0 Å². The Morgan fingerprint density at radius 3 is 2.58 bits per heavy atom. The van der Waals surface area contributed by atoms with Gasteiger partial charge in [-0.25, -0.2) is 0 Å². The molecule has 0 spiro atoms. The highest BCUT2D eigenvalue weighted by Gasteiger charge is 2.45. The lowest BCUT2D eigenvalue weighted by Crippen LogP contribution is -2.61. The molecular weight excluding hydrogens is 390 g/mol. The first-order valence-corrected chi connectivity index (χ1v) is 10.3. The van der Waals surface area contributed by atoms with Gasteiger partial charge in [0, 0.05) is 43.5 Å². The second-order valence-electron chi connectivity index (χ2n) is 7.59. The molecule has 6 nitrogen and oxygen atoms in total. The summed E-state index contributed by atoms with van der Waals surface area (Å²) < 4.78 is 6.11. The quantitative estimate of drug-likeness (QED) is 0.696. The Bertz CT molecular complexity index is 1060. The minimum Gasteiger partial charge on any atom is -0.361 e. The highest BCUT2D eigenvalue weighted by atomic mass is 16.5. The summed E-state index contributed by atoms with van der Waals surface area (Å²) in [5.74, 6) is -0.336. The van der Waals surface area contributed by atoms with Crippen LogP contribution in [0.1, 0.15) is 15.9 Å². The van der Waals surface area contributed by atoms with Crippen molar-refractivity contribution in [1.29, 1.82) is 0 Å². The van der Waals surface area contributed by atoms with Gasteiger partial charge < -0.3 is 15.0 Å². The van der Waals surface area contributed by atoms with Gasteiger partial charge in [-0.15, -0.1) is 0 Å². The normalized spacial score (nSPS) is 18.4. The first-order chi connectivity index (χ1) is 15.1. The number of nitrogens with one attached hydrogen (secondary N) is 1. The average Bonchev–Trinajstić information content (AvgIpc) is 2.84. The average molecular weight is 415 g/mol. The first kappa shape index (κ1) is 20.8. The van der Waals surface area contributed by atoms with Crippen molar-refractivity contribution < 1.29 is 14.3 Å². The second-order valence-corrected chi connectivity index (χ2v) is 7.59. The van der Waals surface area contributed by atoms with E-state index >= 15 is 0 Å².